The van der Waals surface area contributed by atoms with E-state index in [0.29, 0.717) is 31.7 Å². The molecule has 1 aliphatic rings. The van der Waals surface area contributed by atoms with Gasteiger partial charge in [0.2, 0.25) is 5.91 Å². The highest BCUT2D eigenvalue weighted by Gasteiger charge is 2.40. The van der Waals surface area contributed by atoms with Crippen LogP contribution in [0.15, 0.2) is 30.5 Å². The molecule has 2 N–H and O–H groups in total. The number of nitriles is 1. The van der Waals surface area contributed by atoms with Crippen LogP contribution in [0.3, 0.4) is 0 Å². The first kappa shape index (κ1) is 16.0. The first-order valence-electron chi connectivity index (χ1n) is 7.65. The van der Waals surface area contributed by atoms with Gasteiger partial charge in [0.1, 0.15) is 12.0 Å². The number of hydrogen-bond acceptors (Lipinski definition) is 4. The van der Waals surface area contributed by atoms with Crippen LogP contribution in [0.1, 0.15) is 12.8 Å². The van der Waals surface area contributed by atoms with Gasteiger partial charge in [-0.05, 0) is 37.1 Å². The highest BCUT2D eigenvalue weighted by Crippen LogP contribution is 2.31. The molecule has 0 spiro atoms. The third kappa shape index (κ3) is 2.96. The van der Waals surface area contributed by atoms with Crippen molar-refractivity contribution in [3.63, 3.8) is 0 Å². The Hall–Kier alpha value is -2.85. The second kappa shape index (κ2) is 6.34. The Kier molecular flexibility index (Phi) is 4.23. The summed E-state index contributed by atoms with van der Waals surface area (Å²) in [4.78, 5) is 23.4. The smallest absolute Gasteiger partial charge is 0.323 e. The third-order valence-electron chi connectivity index (χ3n) is 4.33. The van der Waals surface area contributed by atoms with Crippen LogP contribution in [-0.4, -0.2) is 34.8 Å². The van der Waals surface area contributed by atoms with E-state index in [1.807, 2.05) is 0 Å². The van der Waals surface area contributed by atoms with E-state index >= 15 is 0 Å². The zero-order chi connectivity index (χ0) is 17.2. The highest BCUT2D eigenvalue weighted by atomic mass is 16.5. The topological polar surface area (TPSA) is 104 Å². The van der Waals surface area contributed by atoms with Gasteiger partial charge in [-0.25, -0.2) is 0 Å². The lowest BCUT2D eigenvalue weighted by Crippen LogP contribution is -2.39. The van der Waals surface area contributed by atoms with Gasteiger partial charge in [-0.15, -0.1) is 0 Å². The summed E-state index contributed by atoms with van der Waals surface area (Å²) in [6.45, 7) is 0.683. The van der Waals surface area contributed by atoms with E-state index in [-0.39, 0.29) is 12.5 Å². The lowest BCUT2D eigenvalue weighted by Gasteiger charge is -2.29. The fourth-order valence-electron chi connectivity index (χ4n) is 2.92. The summed E-state index contributed by atoms with van der Waals surface area (Å²) in [6, 6.07) is 9.18. The number of fused-ring (bicyclic) bond motifs is 1. The Balaban J connectivity index is 1.81. The fourth-order valence-corrected chi connectivity index (χ4v) is 2.92. The number of anilines is 1. The van der Waals surface area contributed by atoms with Crippen LogP contribution in [-0.2, 0) is 20.9 Å². The number of carbonyl (C=O) groups excluding carboxylic acids is 1. The molecule has 3 rings (SSSR count). The first-order chi connectivity index (χ1) is 11.5. The van der Waals surface area contributed by atoms with Gasteiger partial charge in [0.05, 0.1) is 6.07 Å². The van der Waals surface area contributed by atoms with Crippen LogP contribution < -0.4 is 5.32 Å². The lowest BCUT2D eigenvalue weighted by atomic mass is 9.81. The number of carbonyl (C=O) groups is 2. The van der Waals surface area contributed by atoms with Crippen LogP contribution in [0.4, 0.5) is 5.69 Å². The van der Waals surface area contributed by atoms with E-state index in [1.165, 1.54) is 0 Å². The molecule has 1 amide bonds. The minimum Gasteiger partial charge on any atom is -0.480 e. The standard InChI is InChI=1S/C17H17N3O4/c18-11-17(4-7-24-8-5-17)16(23)19-13-1-2-14-12(9-13)3-6-20(14)10-15(21)22/h1-3,6,9H,4-5,7-8,10H2,(H,19,23)(H,21,22). The molecule has 0 radical (unpaired) electrons. The zero-order valence-electron chi connectivity index (χ0n) is 13.0. The minimum atomic E-state index is -1.05. The number of amides is 1. The molecule has 0 bridgehead atoms. The van der Waals surface area contributed by atoms with Crippen molar-refractivity contribution in [1.29, 1.82) is 5.26 Å². The predicted octanol–water partition coefficient (Wildman–Crippen LogP) is 1.98. The molecule has 0 atom stereocenters. The molecule has 1 saturated heterocycles. The summed E-state index contributed by atoms with van der Waals surface area (Å²) in [7, 11) is 0. The Bertz CT molecular complexity index is 828. The van der Waals surface area contributed by atoms with Gasteiger partial charge in [0.15, 0.2) is 0 Å². The number of nitrogens with zero attached hydrogens (tertiary/aromatic N) is 2. The molecule has 1 aromatic heterocycles. The van der Waals surface area contributed by atoms with E-state index < -0.39 is 11.4 Å². The molecule has 24 heavy (non-hydrogen) atoms. The van der Waals surface area contributed by atoms with Gasteiger partial charge < -0.3 is 19.7 Å². The molecule has 7 nitrogen and oxygen atoms in total. The molecule has 1 aliphatic heterocycles. The second-order valence-corrected chi connectivity index (χ2v) is 5.87. The number of aromatic nitrogens is 1. The number of rotatable bonds is 4. The molecule has 2 heterocycles. The summed E-state index contributed by atoms with van der Waals surface area (Å²) < 4.78 is 6.86. The number of carboxylic acid groups (broad SMARTS) is 1. The SMILES string of the molecule is N#CC1(C(=O)Nc2ccc3c(ccn3CC(=O)O)c2)CCOCC1. The summed E-state index contributed by atoms with van der Waals surface area (Å²) in [5, 5.41) is 22.0. The average molecular weight is 327 g/mol. The molecule has 0 aliphatic carbocycles. The molecular weight excluding hydrogens is 310 g/mol. The van der Waals surface area contributed by atoms with E-state index in [9.17, 15) is 14.9 Å². The van der Waals surface area contributed by atoms with Crippen molar-refractivity contribution in [2.75, 3.05) is 18.5 Å². The monoisotopic (exact) mass is 327 g/mol. The van der Waals surface area contributed by atoms with Crippen LogP contribution in [0.2, 0.25) is 0 Å². The highest BCUT2D eigenvalue weighted by molar-refractivity contribution is 5.99. The maximum Gasteiger partial charge on any atom is 0.323 e. The van der Waals surface area contributed by atoms with Crippen molar-refractivity contribution in [1.82, 2.24) is 4.57 Å². The number of ether oxygens (including phenoxy) is 1. The van der Waals surface area contributed by atoms with Crippen molar-refractivity contribution >= 4 is 28.5 Å². The second-order valence-electron chi connectivity index (χ2n) is 5.87. The van der Waals surface area contributed by atoms with Crippen molar-refractivity contribution in [2.45, 2.75) is 19.4 Å². The van der Waals surface area contributed by atoms with Gasteiger partial charge >= 0.3 is 5.97 Å². The zero-order valence-corrected chi connectivity index (χ0v) is 13.0. The molecule has 0 saturated carbocycles. The van der Waals surface area contributed by atoms with E-state index in [4.69, 9.17) is 9.84 Å². The maximum absolute atomic E-state index is 12.5. The summed E-state index contributed by atoms with van der Waals surface area (Å²) in [5.74, 6) is -1.24. The van der Waals surface area contributed by atoms with Gasteiger partial charge in [-0.3, -0.25) is 9.59 Å². The van der Waals surface area contributed by atoms with Crippen molar-refractivity contribution in [3.05, 3.63) is 30.5 Å². The number of benzene rings is 1. The average Bonchev–Trinajstić information content (AvgIpc) is 2.97. The number of nitrogens with one attached hydrogen (secondary N) is 1. The lowest BCUT2D eigenvalue weighted by molar-refractivity contribution is -0.137. The number of carboxylic acids is 1. The molecule has 2 aromatic rings. The third-order valence-corrected chi connectivity index (χ3v) is 4.33. The van der Waals surface area contributed by atoms with Crippen molar-refractivity contribution < 1.29 is 19.4 Å². The molecule has 0 unspecified atom stereocenters. The van der Waals surface area contributed by atoms with Crippen LogP contribution >= 0.6 is 0 Å². The number of aliphatic carboxylic acids is 1. The predicted molar refractivity (Wildman–Crippen MR) is 86.3 cm³/mol. The van der Waals surface area contributed by atoms with E-state index in [2.05, 4.69) is 11.4 Å². The molecule has 7 heteroatoms. The Morgan fingerprint density at radius 1 is 1.33 bits per heavy atom. The number of hydrogen-bond donors (Lipinski definition) is 2. The van der Waals surface area contributed by atoms with Gasteiger partial charge in [-0.1, -0.05) is 0 Å². The first-order valence-corrected chi connectivity index (χ1v) is 7.65. The van der Waals surface area contributed by atoms with Crippen molar-refractivity contribution in [3.8, 4) is 6.07 Å². The normalized spacial score (nSPS) is 16.5. The Morgan fingerprint density at radius 2 is 2.08 bits per heavy atom. The molecular formula is C17H17N3O4. The van der Waals surface area contributed by atoms with Gasteiger partial charge in [0, 0.05) is 36.0 Å². The summed E-state index contributed by atoms with van der Waals surface area (Å²) in [5.41, 5.74) is 0.306. The van der Waals surface area contributed by atoms with Crippen LogP contribution in [0.5, 0.6) is 0 Å². The van der Waals surface area contributed by atoms with E-state index in [0.717, 1.165) is 10.9 Å². The Morgan fingerprint density at radius 3 is 2.75 bits per heavy atom. The quantitative estimate of drug-likeness (QED) is 0.893. The van der Waals surface area contributed by atoms with Crippen LogP contribution in [0.25, 0.3) is 10.9 Å². The Labute approximate surface area is 138 Å². The van der Waals surface area contributed by atoms with Crippen molar-refractivity contribution in [2.24, 2.45) is 5.41 Å². The van der Waals surface area contributed by atoms with Gasteiger partial charge in [-0.2, -0.15) is 5.26 Å². The minimum absolute atomic E-state index is 0.118. The molecule has 1 fully saturated rings. The molecule has 124 valence electrons. The van der Waals surface area contributed by atoms with E-state index in [1.54, 1.807) is 35.0 Å². The molecule has 1 aromatic carbocycles. The largest absolute Gasteiger partial charge is 0.480 e. The summed E-state index contributed by atoms with van der Waals surface area (Å²) in [6.07, 6.45) is 2.46. The maximum atomic E-state index is 12.5. The fraction of sp³-hybridized carbons (Fsp3) is 0.353. The van der Waals surface area contributed by atoms with Gasteiger partial charge in [0.25, 0.3) is 0 Å². The summed E-state index contributed by atoms with van der Waals surface area (Å²) >= 11 is 0. The van der Waals surface area contributed by atoms with Crippen LogP contribution in [0, 0.1) is 16.7 Å².